The van der Waals surface area contributed by atoms with E-state index in [-0.39, 0.29) is 32.4 Å². The number of aromatic hydroxyl groups is 1. The first-order valence-electron chi connectivity index (χ1n) is 11.1. The van der Waals surface area contributed by atoms with Crippen molar-refractivity contribution in [3.05, 3.63) is 82.9 Å². The lowest BCUT2D eigenvalue weighted by atomic mass is 10.0. The van der Waals surface area contributed by atoms with Gasteiger partial charge in [0.1, 0.15) is 17.1 Å². The Balaban J connectivity index is 1.82. The van der Waals surface area contributed by atoms with Gasteiger partial charge in [-0.05, 0) is 55.1 Å². The van der Waals surface area contributed by atoms with Gasteiger partial charge in [-0.2, -0.15) is 8.42 Å². The zero-order valence-electron chi connectivity index (χ0n) is 19.8. The Morgan fingerprint density at radius 3 is 2.43 bits per heavy atom. The van der Waals surface area contributed by atoms with Gasteiger partial charge in [-0.3, -0.25) is 9.35 Å². The molecule has 190 valence electrons. The lowest BCUT2D eigenvalue weighted by Crippen LogP contribution is -2.13. The highest BCUT2D eigenvalue weighted by atomic mass is 35.5. The molecule has 3 N–H and O–H groups in total. The molecule has 11 heteroatoms. The van der Waals surface area contributed by atoms with E-state index < -0.39 is 21.8 Å². The molecule has 0 aliphatic heterocycles. The van der Waals surface area contributed by atoms with Crippen molar-refractivity contribution in [2.75, 3.05) is 11.9 Å². The Morgan fingerprint density at radius 1 is 1.03 bits per heavy atom. The van der Waals surface area contributed by atoms with E-state index in [0.29, 0.717) is 28.8 Å². The van der Waals surface area contributed by atoms with Crippen molar-refractivity contribution in [3.63, 3.8) is 0 Å². The standard InChI is InChI=1S/C26H22ClN3O6S/c1-3-36-21-11-7-6-10-20(21)28-26(32)18-14-16-8-4-5-9-17(16)24(25(18)31)30-29-23-15(2)22(37(33,34)35)13-12-19(23)27/h4-14,31H,3H2,1-2H3,(H,28,32)(H,33,34,35). The highest BCUT2D eigenvalue weighted by molar-refractivity contribution is 7.85. The number of ether oxygens (including phenoxy) is 1. The molecule has 1 amide bonds. The molecule has 0 saturated carbocycles. The summed E-state index contributed by atoms with van der Waals surface area (Å²) in [7, 11) is -4.53. The Labute approximate surface area is 218 Å². The number of halogens is 1. The molecule has 0 aliphatic carbocycles. The van der Waals surface area contributed by atoms with E-state index in [1.165, 1.54) is 19.1 Å². The van der Waals surface area contributed by atoms with Crippen molar-refractivity contribution in [1.29, 1.82) is 0 Å². The van der Waals surface area contributed by atoms with Crippen LogP contribution in [0.5, 0.6) is 11.5 Å². The van der Waals surface area contributed by atoms with Crippen molar-refractivity contribution in [2.24, 2.45) is 10.2 Å². The predicted molar refractivity (Wildman–Crippen MR) is 141 cm³/mol. The molecule has 4 aromatic rings. The van der Waals surface area contributed by atoms with Gasteiger partial charge in [0, 0.05) is 5.39 Å². The average molecular weight is 540 g/mol. The van der Waals surface area contributed by atoms with Crippen molar-refractivity contribution in [3.8, 4) is 11.5 Å². The van der Waals surface area contributed by atoms with E-state index >= 15 is 0 Å². The first-order chi connectivity index (χ1) is 17.6. The molecule has 0 heterocycles. The summed E-state index contributed by atoms with van der Waals surface area (Å²) < 4.78 is 38.5. The lowest BCUT2D eigenvalue weighted by Gasteiger charge is -2.14. The zero-order chi connectivity index (χ0) is 26.7. The molecule has 0 unspecified atom stereocenters. The number of anilines is 1. The number of carbonyl (C=O) groups is 1. The van der Waals surface area contributed by atoms with Crippen LogP contribution < -0.4 is 10.1 Å². The molecule has 0 spiro atoms. The number of azo groups is 1. The summed E-state index contributed by atoms with van der Waals surface area (Å²) in [5.41, 5.74) is 0.404. The van der Waals surface area contributed by atoms with Crippen LogP contribution in [-0.2, 0) is 10.1 Å². The summed E-state index contributed by atoms with van der Waals surface area (Å²) >= 11 is 6.22. The number of hydrogen-bond donors (Lipinski definition) is 3. The molecule has 4 rings (SSSR count). The van der Waals surface area contributed by atoms with Gasteiger partial charge in [-0.25, -0.2) is 0 Å². The van der Waals surface area contributed by atoms with Gasteiger partial charge in [0.2, 0.25) is 0 Å². The van der Waals surface area contributed by atoms with Gasteiger partial charge in [0.15, 0.2) is 5.75 Å². The molecule has 0 aliphatic rings. The minimum absolute atomic E-state index is 0.0132. The van der Waals surface area contributed by atoms with Crippen LogP contribution in [0.15, 0.2) is 81.9 Å². The Morgan fingerprint density at radius 2 is 1.70 bits per heavy atom. The Bertz CT molecular complexity index is 1650. The van der Waals surface area contributed by atoms with Crippen molar-refractivity contribution < 1.29 is 27.6 Å². The largest absolute Gasteiger partial charge is 0.505 e. The summed E-state index contributed by atoms with van der Waals surface area (Å²) in [4.78, 5) is 12.8. The maximum atomic E-state index is 13.2. The van der Waals surface area contributed by atoms with Crippen molar-refractivity contribution >= 4 is 55.5 Å². The molecular weight excluding hydrogens is 518 g/mol. The smallest absolute Gasteiger partial charge is 0.294 e. The minimum Gasteiger partial charge on any atom is -0.505 e. The fourth-order valence-electron chi connectivity index (χ4n) is 3.78. The van der Waals surface area contributed by atoms with Crippen LogP contribution >= 0.6 is 11.6 Å². The number of carbonyl (C=O) groups excluding carboxylic acids is 1. The summed E-state index contributed by atoms with van der Waals surface area (Å²) in [5, 5.41) is 23.3. The van der Waals surface area contributed by atoms with Gasteiger partial charge in [0.25, 0.3) is 16.0 Å². The second kappa shape index (κ2) is 10.6. The van der Waals surface area contributed by atoms with Crippen LogP contribution in [0, 0.1) is 6.92 Å². The molecule has 37 heavy (non-hydrogen) atoms. The number of phenols is 1. The fraction of sp³-hybridized carbons (Fsp3) is 0.115. The van der Waals surface area contributed by atoms with Crippen LogP contribution in [0.4, 0.5) is 17.1 Å². The number of rotatable bonds is 7. The number of phenolic OH excluding ortho intramolecular Hbond substituents is 1. The van der Waals surface area contributed by atoms with E-state index in [1.807, 2.05) is 6.92 Å². The molecule has 0 saturated heterocycles. The monoisotopic (exact) mass is 539 g/mol. The second-order valence-corrected chi connectivity index (χ2v) is 9.72. The predicted octanol–water partition coefficient (Wildman–Crippen LogP) is 6.82. The van der Waals surface area contributed by atoms with Gasteiger partial charge >= 0.3 is 0 Å². The first-order valence-corrected chi connectivity index (χ1v) is 12.9. The third kappa shape index (κ3) is 5.41. The number of para-hydroxylation sites is 2. The third-order valence-electron chi connectivity index (χ3n) is 5.53. The van der Waals surface area contributed by atoms with E-state index in [0.717, 1.165) is 6.07 Å². The number of hydrogen-bond acceptors (Lipinski definition) is 7. The number of amides is 1. The van der Waals surface area contributed by atoms with Crippen LogP contribution in [0.2, 0.25) is 5.02 Å². The number of fused-ring (bicyclic) bond motifs is 1. The number of nitrogens with zero attached hydrogens (tertiary/aromatic N) is 2. The summed E-state index contributed by atoms with van der Waals surface area (Å²) in [6, 6.07) is 17.8. The van der Waals surface area contributed by atoms with Crippen LogP contribution in [0.25, 0.3) is 10.8 Å². The zero-order valence-corrected chi connectivity index (χ0v) is 21.3. The van der Waals surface area contributed by atoms with E-state index in [9.17, 15) is 22.9 Å². The number of nitrogens with one attached hydrogen (secondary N) is 1. The van der Waals surface area contributed by atoms with Crippen molar-refractivity contribution in [1.82, 2.24) is 0 Å². The topological polar surface area (TPSA) is 138 Å². The molecule has 4 aromatic carbocycles. The summed E-state index contributed by atoms with van der Waals surface area (Å²) in [6.07, 6.45) is 0. The van der Waals surface area contributed by atoms with E-state index in [4.69, 9.17) is 16.3 Å². The molecule has 0 aromatic heterocycles. The molecule has 0 radical (unpaired) electrons. The van der Waals surface area contributed by atoms with Crippen LogP contribution in [0.3, 0.4) is 0 Å². The maximum Gasteiger partial charge on any atom is 0.294 e. The van der Waals surface area contributed by atoms with Gasteiger partial charge < -0.3 is 15.2 Å². The van der Waals surface area contributed by atoms with Gasteiger partial charge in [0.05, 0.1) is 27.8 Å². The minimum atomic E-state index is -4.53. The Kier molecular flexibility index (Phi) is 7.44. The lowest BCUT2D eigenvalue weighted by molar-refractivity contribution is 0.102. The first kappa shape index (κ1) is 26.1. The molecule has 9 nitrogen and oxygen atoms in total. The normalized spacial score (nSPS) is 11.7. The summed E-state index contributed by atoms with van der Waals surface area (Å²) in [6.45, 7) is 3.64. The molecule has 0 bridgehead atoms. The Hall–Kier alpha value is -3.99. The maximum absolute atomic E-state index is 13.2. The number of benzene rings is 4. The molecular formula is C26H22ClN3O6S. The van der Waals surface area contributed by atoms with Crippen LogP contribution in [0.1, 0.15) is 22.8 Å². The quantitative estimate of drug-likeness (QED) is 0.174. The van der Waals surface area contributed by atoms with Crippen LogP contribution in [-0.4, -0.2) is 30.6 Å². The SMILES string of the molecule is CCOc1ccccc1NC(=O)c1cc2ccccc2c(N=Nc2c(Cl)ccc(S(=O)(=O)O)c2C)c1O. The van der Waals surface area contributed by atoms with E-state index in [2.05, 4.69) is 15.5 Å². The average Bonchev–Trinajstić information content (AvgIpc) is 2.85. The highest BCUT2D eigenvalue weighted by Crippen LogP contribution is 2.41. The molecule has 0 fully saturated rings. The highest BCUT2D eigenvalue weighted by Gasteiger charge is 2.21. The molecule has 0 atom stereocenters. The fourth-order valence-corrected chi connectivity index (χ4v) is 4.75. The third-order valence-corrected chi connectivity index (χ3v) is 6.84. The van der Waals surface area contributed by atoms with Crippen molar-refractivity contribution in [2.45, 2.75) is 18.7 Å². The summed E-state index contributed by atoms with van der Waals surface area (Å²) in [5.74, 6) is -0.564. The van der Waals surface area contributed by atoms with Gasteiger partial charge in [-0.15, -0.1) is 10.2 Å². The second-order valence-electron chi connectivity index (χ2n) is 7.92. The van der Waals surface area contributed by atoms with Gasteiger partial charge in [-0.1, -0.05) is 48.0 Å². The van der Waals surface area contributed by atoms with E-state index in [1.54, 1.807) is 48.5 Å².